The zero-order valence-electron chi connectivity index (χ0n) is 9.07. The second-order valence-corrected chi connectivity index (χ2v) is 4.69. The van der Waals surface area contributed by atoms with Crippen molar-refractivity contribution in [3.8, 4) is 0 Å². The van der Waals surface area contributed by atoms with Crippen LogP contribution in [0.3, 0.4) is 0 Å². The van der Waals surface area contributed by atoms with E-state index in [1.54, 1.807) is 5.38 Å². The Morgan fingerprint density at radius 2 is 2.39 bits per heavy atom. The quantitative estimate of drug-likeness (QED) is 0.782. The molecule has 1 amide bonds. The molecule has 0 aliphatic heterocycles. The SMILES string of the molecule is Nc1cc(C(=O)NCc2csc(=O)[nH]2)c(Cl)cn1. The molecule has 8 heteroatoms. The molecule has 0 fully saturated rings. The standard InChI is InChI=1S/C10H9ClN4O2S/c11-7-3-13-8(12)1-6(7)9(16)14-2-5-4-18-10(17)15-5/h1,3-4H,2H2,(H2,12,13)(H,14,16)(H,15,17). The minimum atomic E-state index is -0.374. The lowest BCUT2D eigenvalue weighted by molar-refractivity contribution is 0.0950. The second-order valence-electron chi connectivity index (χ2n) is 3.45. The van der Waals surface area contributed by atoms with E-state index in [0.717, 1.165) is 11.3 Å². The summed E-state index contributed by atoms with van der Waals surface area (Å²) in [4.78, 5) is 28.9. The maximum atomic E-state index is 11.8. The number of hydrogen-bond donors (Lipinski definition) is 3. The number of aromatic nitrogens is 2. The molecule has 18 heavy (non-hydrogen) atoms. The molecule has 0 atom stereocenters. The fourth-order valence-electron chi connectivity index (χ4n) is 1.30. The highest BCUT2D eigenvalue weighted by molar-refractivity contribution is 7.07. The molecule has 6 nitrogen and oxygen atoms in total. The van der Waals surface area contributed by atoms with Crippen molar-refractivity contribution in [3.63, 3.8) is 0 Å². The van der Waals surface area contributed by atoms with Crippen LogP contribution in [0.25, 0.3) is 0 Å². The largest absolute Gasteiger partial charge is 0.384 e. The molecule has 0 aromatic carbocycles. The van der Waals surface area contributed by atoms with Crippen molar-refractivity contribution in [1.82, 2.24) is 15.3 Å². The van der Waals surface area contributed by atoms with Crippen molar-refractivity contribution < 1.29 is 4.79 Å². The average Bonchev–Trinajstić information content (AvgIpc) is 2.75. The zero-order valence-corrected chi connectivity index (χ0v) is 10.6. The number of thiazole rings is 1. The van der Waals surface area contributed by atoms with Crippen LogP contribution in [0.1, 0.15) is 16.1 Å². The summed E-state index contributed by atoms with van der Waals surface area (Å²) in [5.74, 6) is -0.158. The van der Waals surface area contributed by atoms with E-state index in [4.69, 9.17) is 17.3 Å². The topological polar surface area (TPSA) is 101 Å². The van der Waals surface area contributed by atoms with Crippen LogP contribution >= 0.6 is 22.9 Å². The number of hydrogen-bond acceptors (Lipinski definition) is 5. The van der Waals surface area contributed by atoms with Crippen molar-refractivity contribution in [2.75, 3.05) is 5.73 Å². The smallest absolute Gasteiger partial charge is 0.304 e. The molecule has 0 radical (unpaired) electrons. The number of H-pyrrole nitrogens is 1. The summed E-state index contributed by atoms with van der Waals surface area (Å²) in [6, 6.07) is 1.40. The minimum absolute atomic E-state index is 0.162. The molecule has 0 aliphatic carbocycles. The van der Waals surface area contributed by atoms with Crippen LogP contribution in [0, 0.1) is 0 Å². The maximum Gasteiger partial charge on any atom is 0.304 e. The predicted molar refractivity (Wildman–Crippen MR) is 69.8 cm³/mol. The highest BCUT2D eigenvalue weighted by atomic mass is 35.5. The van der Waals surface area contributed by atoms with E-state index in [1.807, 2.05) is 0 Å². The number of halogens is 1. The first-order valence-corrected chi connectivity index (χ1v) is 6.18. The molecule has 0 aliphatic rings. The monoisotopic (exact) mass is 284 g/mol. The number of nitrogen functional groups attached to an aromatic ring is 1. The summed E-state index contributed by atoms with van der Waals surface area (Å²) in [5.41, 5.74) is 6.37. The summed E-state index contributed by atoms with van der Waals surface area (Å²) in [5, 5.41) is 4.49. The molecular weight excluding hydrogens is 276 g/mol. The summed E-state index contributed by atoms with van der Waals surface area (Å²) >= 11 is 6.88. The number of nitrogens with two attached hydrogens (primary N) is 1. The number of nitrogens with one attached hydrogen (secondary N) is 2. The van der Waals surface area contributed by atoms with Gasteiger partial charge in [-0.05, 0) is 6.07 Å². The molecule has 0 saturated carbocycles. The first kappa shape index (κ1) is 12.6. The molecule has 0 spiro atoms. The Morgan fingerprint density at radius 3 is 3.06 bits per heavy atom. The highest BCUT2D eigenvalue weighted by Gasteiger charge is 2.11. The highest BCUT2D eigenvalue weighted by Crippen LogP contribution is 2.16. The Kier molecular flexibility index (Phi) is 3.63. The van der Waals surface area contributed by atoms with Gasteiger partial charge >= 0.3 is 4.87 Å². The third kappa shape index (κ3) is 2.88. The van der Waals surface area contributed by atoms with Gasteiger partial charge in [-0.15, -0.1) is 0 Å². The van der Waals surface area contributed by atoms with Gasteiger partial charge in [-0.1, -0.05) is 22.9 Å². The van der Waals surface area contributed by atoms with Crippen molar-refractivity contribution >= 4 is 34.7 Å². The van der Waals surface area contributed by atoms with Crippen molar-refractivity contribution in [1.29, 1.82) is 0 Å². The first-order valence-electron chi connectivity index (χ1n) is 4.92. The minimum Gasteiger partial charge on any atom is -0.384 e. The number of nitrogens with zero attached hydrogens (tertiary/aromatic N) is 1. The van der Waals surface area contributed by atoms with E-state index in [0.29, 0.717) is 5.69 Å². The Balaban J connectivity index is 2.08. The van der Waals surface area contributed by atoms with Crippen molar-refractivity contribution in [2.24, 2.45) is 0 Å². The summed E-state index contributed by atoms with van der Waals surface area (Å²) in [6.07, 6.45) is 1.32. The van der Waals surface area contributed by atoms with Gasteiger partial charge < -0.3 is 16.0 Å². The number of amides is 1. The van der Waals surface area contributed by atoms with Gasteiger partial charge in [0.1, 0.15) is 5.82 Å². The molecule has 2 aromatic rings. The van der Waals surface area contributed by atoms with E-state index in [1.165, 1.54) is 12.3 Å². The molecule has 2 rings (SSSR count). The van der Waals surface area contributed by atoms with Gasteiger partial charge in [0.05, 0.1) is 17.1 Å². The molecule has 94 valence electrons. The van der Waals surface area contributed by atoms with E-state index in [9.17, 15) is 9.59 Å². The van der Waals surface area contributed by atoms with Crippen LogP contribution in [0.5, 0.6) is 0 Å². The van der Waals surface area contributed by atoms with Gasteiger partial charge in [0, 0.05) is 17.3 Å². The van der Waals surface area contributed by atoms with Gasteiger partial charge in [-0.25, -0.2) is 4.98 Å². The number of anilines is 1. The van der Waals surface area contributed by atoms with Crippen LogP contribution in [-0.4, -0.2) is 15.9 Å². The molecule has 0 unspecified atom stereocenters. The number of aromatic amines is 1. The average molecular weight is 285 g/mol. The fraction of sp³-hybridized carbons (Fsp3) is 0.100. The van der Waals surface area contributed by atoms with Gasteiger partial charge in [0.25, 0.3) is 5.91 Å². The first-order chi connectivity index (χ1) is 8.56. The van der Waals surface area contributed by atoms with Crippen LogP contribution in [0.15, 0.2) is 22.4 Å². The van der Waals surface area contributed by atoms with E-state index < -0.39 is 0 Å². The normalized spacial score (nSPS) is 10.3. The van der Waals surface area contributed by atoms with Crippen LogP contribution in [-0.2, 0) is 6.54 Å². The number of pyridine rings is 1. The zero-order chi connectivity index (χ0) is 13.1. The fourth-order valence-corrected chi connectivity index (χ4v) is 2.07. The Morgan fingerprint density at radius 1 is 1.61 bits per heavy atom. The predicted octanol–water partition coefficient (Wildman–Crippen LogP) is 0.997. The Hall–Kier alpha value is -1.86. The van der Waals surface area contributed by atoms with Crippen LogP contribution < -0.4 is 15.9 Å². The van der Waals surface area contributed by atoms with Crippen LogP contribution in [0.2, 0.25) is 5.02 Å². The summed E-state index contributed by atoms with van der Waals surface area (Å²) in [6.45, 7) is 0.218. The van der Waals surface area contributed by atoms with E-state index in [2.05, 4.69) is 15.3 Å². The third-order valence-corrected chi connectivity index (χ3v) is 3.15. The summed E-state index contributed by atoms with van der Waals surface area (Å²) in [7, 11) is 0. The Bertz CT molecular complexity index is 637. The van der Waals surface area contributed by atoms with E-state index in [-0.39, 0.29) is 33.7 Å². The lowest BCUT2D eigenvalue weighted by Gasteiger charge is -2.05. The van der Waals surface area contributed by atoms with Gasteiger partial charge in [-0.2, -0.15) is 0 Å². The molecule has 0 saturated heterocycles. The number of carbonyl (C=O) groups excluding carboxylic acids is 1. The lowest BCUT2D eigenvalue weighted by Crippen LogP contribution is -2.23. The van der Waals surface area contributed by atoms with Gasteiger partial charge in [-0.3, -0.25) is 9.59 Å². The molecule has 4 N–H and O–H groups in total. The molecule has 0 bridgehead atoms. The van der Waals surface area contributed by atoms with Crippen molar-refractivity contribution in [3.05, 3.63) is 43.6 Å². The number of carbonyl (C=O) groups is 1. The second kappa shape index (κ2) is 5.19. The molecule has 2 heterocycles. The van der Waals surface area contributed by atoms with Gasteiger partial charge in [0.15, 0.2) is 0 Å². The summed E-state index contributed by atoms with van der Waals surface area (Å²) < 4.78 is 0. The maximum absolute atomic E-state index is 11.8. The lowest BCUT2D eigenvalue weighted by atomic mass is 10.2. The van der Waals surface area contributed by atoms with Gasteiger partial charge in [0.2, 0.25) is 0 Å². The molecule has 2 aromatic heterocycles. The van der Waals surface area contributed by atoms with Crippen LogP contribution in [0.4, 0.5) is 5.82 Å². The van der Waals surface area contributed by atoms with Crippen molar-refractivity contribution in [2.45, 2.75) is 6.54 Å². The molecular formula is C10H9ClN4O2S. The number of rotatable bonds is 3. The Labute approximate surface area is 111 Å². The third-order valence-electron chi connectivity index (χ3n) is 2.13. The van der Waals surface area contributed by atoms with E-state index >= 15 is 0 Å².